The Morgan fingerprint density at radius 1 is 0.973 bits per heavy atom. The molecule has 4 amide bonds. The fourth-order valence-electron chi connectivity index (χ4n) is 4.02. The van der Waals surface area contributed by atoms with Gasteiger partial charge in [0.15, 0.2) is 0 Å². The zero-order valence-electron chi connectivity index (χ0n) is 19.0. The standard InChI is InChI=1S/C28H17BrClIN2O4/c29-23-13-16(12-22-26(34)32-28(36)33(27(22)35)20-10-8-19(30)9-11-20)14-24(31)25(23)37-15-18-6-3-5-17-4-1-2-7-21(17)18/h1-14H,15H2,(H,32,34,36)/b22-12+. The Morgan fingerprint density at radius 3 is 2.46 bits per heavy atom. The predicted molar refractivity (Wildman–Crippen MR) is 156 cm³/mol. The highest BCUT2D eigenvalue weighted by Gasteiger charge is 2.36. The van der Waals surface area contributed by atoms with Gasteiger partial charge in [0.05, 0.1) is 13.7 Å². The molecule has 0 unspecified atom stereocenters. The fourth-order valence-corrected chi connectivity index (χ4v) is 5.91. The summed E-state index contributed by atoms with van der Waals surface area (Å²) in [5.74, 6) is -0.839. The molecule has 0 aromatic heterocycles. The summed E-state index contributed by atoms with van der Waals surface area (Å²) in [6, 6.07) is 23.2. The van der Waals surface area contributed by atoms with E-state index in [-0.39, 0.29) is 5.57 Å². The summed E-state index contributed by atoms with van der Waals surface area (Å²) in [5, 5.41) is 4.95. The fraction of sp³-hybridized carbons (Fsp3) is 0.0357. The van der Waals surface area contributed by atoms with Gasteiger partial charge < -0.3 is 4.74 Å². The van der Waals surface area contributed by atoms with Crippen LogP contribution in [0.3, 0.4) is 0 Å². The van der Waals surface area contributed by atoms with Gasteiger partial charge in [0.1, 0.15) is 17.9 Å². The van der Waals surface area contributed by atoms with Crippen LogP contribution in [0, 0.1) is 3.57 Å². The van der Waals surface area contributed by atoms with Crippen molar-refractivity contribution >= 4 is 90.5 Å². The van der Waals surface area contributed by atoms with Crippen molar-refractivity contribution in [3.05, 3.63) is 109 Å². The van der Waals surface area contributed by atoms with Gasteiger partial charge in [-0.25, -0.2) is 9.69 Å². The molecule has 1 aliphatic heterocycles. The van der Waals surface area contributed by atoms with Gasteiger partial charge >= 0.3 is 6.03 Å². The van der Waals surface area contributed by atoms with E-state index in [0.29, 0.717) is 33.1 Å². The van der Waals surface area contributed by atoms with E-state index in [2.05, 4.69) is 62.0 Å². The number of nitrogens with zero attached hydrogens (tertiary/aromatic N) is 1. The molecule has 1 aliphatic rings. The highest BCUT2D eigenvalue weighted by Crippen LogP contribution is 2.34. The van der Waals surface area contributed by atoms with E-state index < -0.39 is 17.8 Å². The zero-order chi connectivity index (χ0) is 26.1. The first-order valence-corrected chi connectivity index (χ1v) is 13.3. The van der Waals surface area contributed by atoms with Crippen molar-refractivity contribution in [2.75, 3.05) is 4.90 Å². The van der Waals surface area contributed by atoms with Crippen LogP contribution in [0.4, 0.5) is 10.5 Å². The lowest BCUT2D eigenvalue weighted by molar-refractivity contribution is -0.122. The first-order chi connectivity index (χ1) is 17.8. The third-order valence-electron chi connectivity index (χ3n) is 5.77. The van der Waals surface area contributed by atoms with Crippen LogP contribution in [0.25, 0.3) is 16.8 Å². The van der Waals surface area contributed by atoms with Crippen LogP contribution in [-0.4, -0.2) is 17.8 Å². The number of halogens is 3. The number of barbiturate groups is 1. The molecule has 0 atom stereocenters. The van der Waals surface area contributed by atoms with Crippen LogP contribution in [-0.2, 0) is 16.2 Å². The summed E-state index contributed by atoms with van der Waals surface area (Å²) in [4.78, 5) is 39.0. The summed E-state index contributed by atoms with van der Waals surface area (Å²) in [5.41, 5.74) is 1.79. The van der Waals surface area contributed by atoms with Crippen molar-refractivity contribution in [3.63, 3.8) is 0 Å². The average molecular weight is 688 g/mol. The average Bonchev–Trinajstić information content (AvgIpc) is 2.87. The van der Waals surface area contributed by atoms with Gasteiger partial charge in [0.25, 0.3) is 11.8 Å². The van der Waals surface area contributed by atoms with Crippen molar-refractivity contribution in [1.82, 2.24) is 5.32 Å². The van der Waals surface area contributed by atoms with E-state index in [4.69, 9.17) is 16.3 Å². The minimum atomic E-state index is -0.817. The molecule has 0 radical (unpaired) electrons. The number of anilines is 1. The Morgan fingerprint density at radius 2 is 1.70 bits per heavy atom. The molecule has 0 aliphatic carbocycles. The normalized spacial score (nSPS) is 14.8. The number of amides is 4. The number of ether oxygens (including phenoxy) is 1. The minimum Gasteiger partial charge on any atom is -0.487 e. The molecule has 37 heavy (non-hydrogen) atoms. The minimum absolute atomic E-state index is 0.165. The van der Waals surface area contributed by atoms with E-state index in [1.54, 1.807) is 24.3 Å². The second-order valence-corrected chi connectivity index (χ2v) is 10.6. The van der Waals surface area contributed by atoms with Crippen molar-refractivity contribution < 1.29 is 19.1 Å². The lowest BCUT2D eigenvalue weighted by Crippen LogP contribution is -2.54. The highest BCUT2D eigenvalue weighted by molar-refractivity contribution is 14.1. The third kappa shape index (κ3) is 5.27. The summed E-state index contributed by atoms with van der Waals surface area (Å²) >= 11 is 11.6. The third-order valence-corrected chi connectivity index (χ3v) is 7.41. The van der Waals surface area contributed by atoms with E-state index in [1.807, 2.05) is 24.3 Å². The van der Waals surface area contributed by atoms with Crippen molar-refractivity contribution in [3.8, 4) is 5.75 Å². The van der Waals surface area contributed by atoms with E-state index >= 15 is 0 Å². The van der Waals surface area contributed by atoms with Gasteiger partial charge in [0.2, 0.25) is 0 Å². The number of hydrogen-bond acceptors (Lipinski definition) is 4. The lowest BCUT2D eigenvalue weighted by Gasteiger charge is -2.26. The number of hydrogen-bond donors (Lipinski definition) is 1. The molecule has 6 nitrogen and oxygen atoms in total. The molecule has 5 rings (SSSR count). The van der Waals surface area contributed by atoms with Crippen molar-refractivity contribution in [2.45, 2.75) is 6.61 Å². The Bertz CT molecular complexity index is 1580. The smallest absolute Gasteiger partial charge is 0.335 e. The van der Waals surface area contributed by atoms with Crippen LogP contribution in [0.15, 0.2) is 88.9 Å². The van der Waals surface area contributed by atoms with Gasteiger partial charge in [-0.1, -0.05) is 54.1 Å². The first kappa shape index (κ1) is 25.4. The van der Waals surface area contributed by atoms with Gasteiger partial charge in [-0.2, -0.15) is 0 Å². The predicted octanol–water partition coefficient (Wildman–Crippen LogP) is 7.11. The molecule has 1 saturated heterocycles. The highest BCUT2D eigenvalue weighted by atomic mass is 127. The number of rotatable bonds is 5. The van der Waals surface area contributed by atoms with Crippen LogP contribution >= 0.6 is 50.1 Å². The largest absolute Gasteiger partial charge is 0.487 e. The Balaban J connectivity index is 1.41. The molecule has 4 aromatic carbocycles. The Labute approximate surface area is 239 Å². The van der Waals surface area contributed by atoms with Crippen LogP contribution < -0.4 is 15.0 Å². The van der Waals surface area contributed by atoms with Gasteiger partial charge in [-0.15, -0.1) is 0 Å². The number of carbonyl (C=O) groups is 3. The molecule has 0 spiro atoms. The first-order valence-electron chi connectivity index (χ1n) is 11.1. The van der Waals surface area contributed by atoms with E-state index in [9.17, 15) is 14.4 Å². The van der Waals surface area contributed by atoms with Crippen molar-refractivity contribution in [1.29, 1.82) is 0 Å². The second kappa shape index (κ2) is 10.6. The number of imide groups is 2. The maximum absolute atomic E-state index is 13.1. The van der Waals surface area contributed by atoms with Gasteiger partial charge in [0, 0.05) is 5.02 Å². The van der Waals surface area contributed by atoms with E-state index in [1.165, 1.54) is 18.2 Å². The Kier molecular flexibility index (Phi) is 7.32. The molecule has 1 heterocycles. The summed E-state index contributed by atoms with van der Waals surface area (Å²) < 4.78 is 7.62. The molecule has 0 saturated carbocycles. The van der Waals surface area contributed by atoms with Crippen LogP contribution in [0.2, 0.25) is 5.02 Å². The number of fused-ring (bicyclic) bond motifs is 1. The molecule has 9 heteroatoms. The summed E-state index contributed by atoms with van der Waals surface area (Å²) in [6.45, 7) is 0.370. The molecule has 4 aromatic rings. The monoisotopic (exact) mass is 686 g/mol. The van der Waals surface area contributed by atoms with Gasteiger partial charge in [-0.05, 0) is 103 Å². The van der Waals surface area contributed by atoms with Gasteiger partial charge in [-0.3, -0.25) is 14.9 Å². The molecule has 1 N–H and O–H groups in total. The van der Waals surface area contributed by atoms with Crippen molar-refractivity contribution in [2.24, 2.45) is 0 Å². The van der Waals surface area contributed by atoms with Crippen LogP contribution in [0.1, 0.15) is 11.1 Å². The number of urea groups is 1. The van der Waals surface area contributed by atoms with Crippen LogP contribution in [0.5, 0.6) is 5.75 Å². The molecular formula is C28H17BrClIN2O4. The maximum atomic E-state index is 13.1. The summed E-state index contributed by atoms with van der Waals surface area (Å²) in [7, 11) is 0. The Hall–Kier alpha value is -3.21. The quantitative estimate of drug-likeness (QED) is 0.138. The summed E-state index contributed by atoms with van der Waals surface area (Å²) in [6.07, 6.45) is 1.45. The second-order valence-electron chi connectivity index (χ2n) is 8.17. The van der Waals surface area contributed by atoms with E-state index in [0.717, 1.165) is 24.8 Å². The zero-order valence-corrected chi connectivity index (χ0v) is 23.5. The lowest BCUT2D eigenvalue weighted by atomic mass is 10.1. The number of benzene rings is 4. The number of nitrogens with one attached hydrogen (secondary N) is 1. The number of carbonyl (C=O) groups excluding carboxylic acids is 3. The molecule has 184 valence electrons. The molecule has 1 fully saturated rings. The SMILES string of the molecule is O=C1NC(=O)N(c2ccc(Cl)cc2)C(=O)/C1=C/c1cc(Br)c(OCc2cccc3ccccc23)c(I)c1. The topological polar surface area (TPSA) is 75.7 Å². The molecular weight excluding hydrogens is 671 g/mol. The maximum Gasteiger partial charge on any atom is 0.335 e. The molecule has 0 bridgehead atoms.